The standard InChI is InChI=1S/C16H31N5O2/c1-12-7-8-21(11-13(12)2)16(17-9-14(22)19(3)4)18-10-15(23)20(5)6/h12-13H,7-11H2,1-6H3,(H,17,18). The molecule has 1 saturated heterocycles. The van der Waals surface area contributed by atoms with Crippen molar-refractivity contribution in [3.63, 3.8) is 0 Å². The van der Waals surface area contributed by atoms with Crippen molar-refractivity contribution < 1.29 is 9.59 Å². The third-order valence-corrected chi connectivity index (χ3v) is 4.39. The zero-order chi connectivity index (χ0) is 17.6. The van der Waals surface area contributed by atoms with Gasteiger partial charge in [0, 0.05) is 41.3 Å². The highest BCUT2D eigenvalue weighted by atomic mass is 16.2. The molecule has 2 atom stereocenters. The quantitative estimate of drug-likeness (QED) is 0.587. The van der Waals surface area contributed by atoms with Crippen LogP contribution in [0.5, 0.6) is 0 Å². The van der Waals surface area contributed by atoms with Gasteiger partial charge in [-0.2, -0.15) is 0 Å². The molecule has 0 saturated carbocycles. The Kier molecular flexibility index (Phi) is 7.32. The van der Waals surface area contributed by atoms with Crippen LogP contribution in [-0.2, 0) is 9.59 Å². The summed E-state index contributed by atoms with van der Waals surface area (Å²) >= 11 is 0. The molecule has 2 amide bonds. The third-order valence-electron chi connectivity index (χ3n) is 4.39. The van der Waals surface area contributed by atoms with E-state index in [1.807, 2.05) is 0 Å². The Morgan fingerprint density at radius 2 is 1.70 bits per heavy atom. The predicted octanol–water partition coefficient (Wildman–Crippen LogP) is 0.0863. The maximum Gasteiger partial charge on any atom is 0.243 e. The van der Waals surface area contributed by atoms with Crippen LogP contribution in [0.25, 0.3) is 0 Å². The van der Waals surface area contributed by atoms with Crippen molar-refractivity contribution in [2.75, 3.05) is 54.4 Å². The highest BCUT2D eigenvalue weighted by Crippen LogP contribution is 2.22. The monoisotopic (exact) mass is 325 g/mol. The molecule has 1 fully saturated rings. The molecule has 132 valence electrons. The lowest BCUT2D eigenvalue weighted by Crippen LogP contribution is -2.50. The SMILES string of the molecule is CC1CCN(C(=NCC(=O)N(C)C)NCC(=O)N(C)C)CC1C. The predicted molar refractivity (Wildman–Crippen MR) is 92.2 cm³/mol. The first-order chi connectivity index (χ1) is 10.7. The van der Waals surface area contributed by atoms with Gasteiger partial charge in [0.25, 0.3) is 0 Å². The number of likely N-dealkylation sites (tertiary alicyclic amines) is 1. The molecule has 0 spiro atoms. The molecular formula is C16H31N5O2. The third kappa shape index (κ3) is 6.08. The smallest absolute Gasteiger partial charge is 0.243 e. The van der Waals surface area contributed by atoms with Gasteiger partial charge in [-0.15, -0.1) is 0 Å². The number of hydrogen-bond acceptors (Lipinski definition) is 3. The molecular weight excluding hydrogens is 294 g/mol. The number of nitrogens with zero attached hydrogens (tertiary/aromatic N) is 4. The van der Waals surface area contributed by atoms with Crippen molar-refractivity contribution >= 4 is 17.8 Å². The Labute approximate surface area is 139 Å². The molecule has 23 heavy (non-hydrogen) atoms. The Bertz CT molecular complexity index is 448. The van der Waals surface area contributed by atoms with Gasteiger partial charge in [-0.1, -0.05) is 13.8 Å². The fourth-order valence-electron chi connectivity index (χ4n) is 2.32. The zero-order valence-electron chi connectivity index (χ0n) is 15.3. The first kappa shape index (κ1) is 19.3. The lowest BCUT2D eigenvalue weighted by Gasteiger charge is -2.37. The van der Waals surface area contributed by atoms with Crippen LogP contribution in [0.15, 0.2) is 4.99 Å². The van der Waals surface area contributed by atoms with Crippen LogP contribution in [-0.4, -0.2) is 86.8 Å². The molecule has 1 aliphatic heterocycles. The maximum absolute atomic E-state index is 11.8. The number of hydrogen-bond donors (Lipinski definition) is 1. The van der Waals surface area contributed by atoms with E-state index in [2.05, 4.69) is 29.1 Å². The molecule has 1 heterocycles. The number of amides is 2. The van der Waals surface area contributed by atoms with E-state index in [-0.39, 0.29) is 24.9 Å². The summed E-state index contributed by atoms with van der Waals surface area (Å²) in [5, 5.41) is 3.11. The first-order valence-electron chi connectivity index (χ1n) is 8.16. The summed E-state index contributed by atoms with van der Waals surface area (Å²) in [6, 6.07) is 0. The molecule has 1 aliphatic rings. The second-order valence-electron chi connectivity index (χ2n) is 6.76. The van der Waals surface area contributed by atoms with Crippen molar-refractivity contribution in [1.82, 2.24) is 20.0 Å². The van der Waals surface area contributed by atoms with Gasteiger partial charge in [-0.05, 0) is 18.3 Å². The van der Waals surface area contributed by atoms with E-state index in [0.29, 0.717) is 17.8 Å². The van der Waals surface area contributed by atoms with Gasteiger partial charge in [-0.3, -0.25) is 9.59 Å². The van der Waals surface area contributed by atoms with E-state index < -0.39 is 0 Å². The number of likely N-dealkylation sites (N-methyl/N-ethyl adjacent to an activating group) is 2. The Balaban J connectivity index is 2.77. The number of aliphatic imine (C=N–C) groups is 1. The molecule has 7 nitrogen and oxygen atoms in total. The van der Waals surface area contributed by atoms with Gasteiger partial charge in [0.15, 0.2) is 5.96 Å². The van der Waals surface area contributed by atoms with Crippen LogP contribution in [0.4, 0.5) is 0 Å². The normalized spacial score (nSPS) is 21.8. The number of carbonyl (C=O) groups is 2. The molecule has 0 aromatic carbocycles. The van der Waals surface area contributed by atoms with Crippen LogP contribution >= 0.6 is 0 Å². The molecule has 1 rings (SSSR count). The van der Waals surface area contributed by atoms with Gasteiger partial charge >= 0.3 is 0 Å². The Morgan fingerprint density at radius 1 is 1.09 bits per heavy atom. The van der Waals surface area contributed by atoms with Gasteiger partial charge in [0.05, 0.1) is 6.54 Å². The van der Waals surface area contributed by atoms with Crippen LogP contribution in [0.1, 0.15) is 20.3 Å². The summed E-state index contributed by atoms with van der Waals surface area (Å²) in [6.07, 6.45) is 1.09. The number of nitrogens with one attached hydrogen (secondary N) is 1. The number of carbonyl (C=O) groups excluding carboxylic acids is 2. The van der Waals surface area contributed by atoms with E-state index in [1.165, 1.54) is 9.80 Å². The van der Waals surface area contributed by atoms with Gasteiger partial charge in [0.1, 0.15) is 6.54 Å². The molecule has 0 bridgehead atoms. The van der Waals surface area contributed by atoms with E-state index in [0.717, 1.165) is 19.5 Å². The van der Waals surface area contributed by atoms with E-state index >= 15 is 0 Å². The largest absolute Gasteiger partial charge is 0.347 e. The molecule has 0 aromatic rings. The molecule has 0 aromatic heterocycles. The summed E-state index contributed by atoms with van der Waals surface area (Å²) in [5.74, 6) is 1.81. The van der Waals surface area contributed by atoms with Gasteiger partial charge in [-0.25, -0.2) is 4.99 Å². The summed E-state index contributed by atoms with van der Waals surface area (Å²) in [5.41, 5.74) is 0. The Morgan fingerprint density at radius 3 is 2.22 bits per heavy atom. The zero-order valence-corrected chi connectivity index (χ0v) is 15.3. The molecule has 7 heteroatoms. The average Bonchev–Trinajstić information content (AvgIpc) is 2.49. The molecule has 1 N–H and O–H groups in total. The summed E-state index contributed by atoms with van der Waals surface area (Å²) in [6.45, 7) is 6.54. The summed E-state index contributed by atoms with van der Waals surface area (Å²) < 4.78 is 0. The number of guanidine groups is 1. The van der Waals surface area contributed by atoms with E-state index in [4.69, 9.17) is 0 Å². The highest BCUT2D eigenvalue weighted by molar-refractivity contribution is 5.88. The lowest BCUT2D eigenvalue weighted by molar-refractivity contribution is -0.127. The molecule has 0 radical (unpaired) electrons. The molecule has 2 unspecified atom stereocenters. The number of piperidine rings is 1. The van der Waals surface area contributed by atoms with Crippen LogP contribution in [0, 0.1) is 11.8 Å². The number of rotatable bonds is 4. The van der Waals surface area contributed by atoms with Gasteiger partial charge < -0.3 is 20.0 Å². The maximum atomic E-state index is 11.8. The fourth-order valence-corrected chi connectivity index (χ4v) is 2.32. The average molecular weight is 325 g/mol. The first-order valence-corrected chi connectivity index (χ1v) is 8.16. The van der Waals surface area contributed by atoms with Crippen molar-refractivity contribution in [3.05, 3.63) is 0 Å². The van der Waals surface area contributed by atoms with Crippen LogP contribution in [0.2, 0.25) is 0 Å². The lowest BCUT2D eigenvalue weighted by atomic mass is 9.89. The molecule has 0 aliphatic carbocycles. The summed E-state index contributed by atoms with van der Waals surface area (Å²) in [7, 11) is 6.87. The van der Waals surface area contributed by atoms with Crippen LogP contribution in [0.3, 0.4) is 0 Å². The summed E-state index contributed by atoms with van der Waals surface area (Å²) in [4.78, 5) is 33.2. The second-order valence-corrected chi connectivity index (χ2v) is 6.76. The fraction of sp³-hybridized carbons (Fsp3) is 0.812. The van der Waals surface area contributed by atoms with Crippen molar-refractivity contribution in [3.8, 4) is 0 Å². The minimum absolute atomic E-state index is 0.0185. The van der Waals surface area contributed by atoms with Crippen molar-refractivity contribution in [2.45, 2.75) is 20.3 Å². The minimum Gasteiger partial charge on any atom is -0.347 e. The van der Waals surface area contributed by atoms with E-state index in [9.17, 15) is 9.59 Å². The van der Waals surface area contributed by atoms with E-state index in [1.54, 1.807) is 28.2 Å². The van der Waals surface area contributed by atoms with Crippen molar-refractivity contribution in [1.29, 1.82) is 0 Å². The topological polar surface area (TPSA) is 68.2 Å². The minimum atomic E-state index is -0.0540. The second kappa shape index (κ2) is 8.74. The van der Waals surface area contributed by atoms with Crippen molar-refractivity contribution in [2.24, 2.45) is 16.8 Å². The van der Waals surface area contributed by atoms with Gasteiger partial charge in [0.2, 0.25) is 11.8 Å². The van der Waals surface area contributed by atoms with Crippen LogP contribution < -0.4 is 5.32 Å². The Hall–Kier alpha value is -1.79. The highest BCUT2D eigenvalue weighted by Gasteiger charge is 2.25.